The number of benzene rings is 1. The molecular weight excluding hydrogens is 304 g/mol. The number of ether oxygens (including phenoxy) is 1. The van der Waals surface area contributed by atoms with Gasteiger partial charge in [0.05, 0.1) is 25.9 Å². The third-order valence-electron chi connectivity index (χ3n) is 3.52. The molecule has 0 saturated carbocycles. The molecule has 2 aromatic rings. The summed E-state index contributed by atoms with van der Waals surface area (Å²) >= 11 is 0. The SMILES string of the molecule is CCNC(=NCc1ccc(OC)cc1)NCc1cc(C(C)C)no1. The maximum Gasteiger partial charge on any atom is 0.191 e. The summed E-state index contributed by atoms with van der Waals surface area (Å²) in [6.45, 7) is 8.16. The fourth-order valence-electron chi connectivity index (χ4n) is 2.10. The van der Waals surface area contributed by atoms with Crippen molar-refractivity contribution in [3.8, 4) is 5.75 Å². The predicted molar refractivity (Wildman–Crippen MR) is 95.2 cm³/mol. The first-order chi connectivity index (χ1) is 11.6. The van der Waals surface area contributed by atoms with Gasteiger partial charge in [-0.25, -0.2) is 4.99 Å². The first kappa shape index (κ1) is 17.8. The standard InChI is InChI=1S/C18H26N4O2/c1-5-19-18(20-11-14-6-8-15(23-4)9-7-14)21-12-16-10-17(13(2)3)22-24-16/h6-10,13H,5,11-12H2,1-4H3,(H2,19,20,21). The summed E-state index contributed by atoms with van der Waals surface area (Å²) in [4.78, 5) is 4.59. The minimum absolute atomic E-state index is 0.361. The van der Waals surface area contributed by atoms with E-state index in [-0.39, 0.29) is 0 Å². The van der Waals surface area contributed by atoms with E-state index in [0.29, 0.717) is 19.0 Å². The van der Waals surface area contributed by atoms with E-state index in [0.717, 1.165) is 35.3 Å². The lowest BCUT2D eigenvalue weighted by atomic mass is 10.1. The van der Waals surface area contributed by atoms with Crippen molar-refractivity contribution in [1.82, 2.24) is 15.8 Å². The molecule has 130 valence electrons. The van der Waals surface area contributed by atoms with Crippen LogP contribution in [0.4, 0.5) is 0 Å². The van der Waals surface area contributed by atoms with Crippen molar-refractivity contribution < 1.29 is 9.26 Å². The molecule has 0 spiro atoms. The minimum atomic E-state index is 0.361. The van der Waals surface area contributed by atoms with Gasteiger partial charge >= 0.3 is 0 Å². The van der Waals surface area contributed by atoms with Gasteiger partial charge < -0.3 is 19.9 Å². The molecule has 0 unspecified atom stereocenters. The highest BCUT2D eigenvalue weighted by atomic mass is 16.5. The first-order valence-corrected chi connectivity index (χ1v) is 8.23. The molecule has 0 aliphatic heterocycles. The smallest absolute Gasteiger partial charge is 0.191 e. The first-order valence-electron chi connectivity index (χ1n) is 8.23. The second kappa shape index (κ2) is 8.96. The average molecular weight is 330 g/mol. The quantitative estimate of drug-likeness (QED) is 0.603. The normalized spacial score (nSPS) is 11.6. The molecule has 1 aromatic carbocycles. The maximum absolute atomic E-state index is 5.33. The Morgan fingerprint density at radius 2 is 2.00 bits per heavy atom. The van der Waals surface area contributed by atoms with E-state index in [1.54, 1.807) is 7.11 Å². The lowest BCUT2D eigenvalue weighted by molar-refractivity contribution is 0.372. The van der Waals surface area contributed by atoms with Gasteiger partial charge in [0, 0.05) is 12.6 Å². The third-order valence-corrected chi connectivity index (χ3v) is 3.52. The van der Waals surface area contributed by atoms with Crippen molar-refractivity contribution in [3.63, 3.8) is 0 Å². The van der Waals surface area contributed by atoms with Crippen LogP contribution in [0.2, 0.25) is 0 Å². The number of nitrogens with one attached hydrogen (secondary N) is 2. The van der Waals surface area contributed by atoms with Crippen LogP contribution in [0.3, 0.4) is 0 Å². The number of methoxy groups -OCH3 is 1. The molecule has 24 heavy (non-hydrogen) atoms. The molecule has 0 atom stereocenters. The van der Waals surface area contributed by atoms with Gasteiger partial charge in [0.15, 0.2) is 11.7 Å². The van der Waals surface area contributed by atoms with Crippen LogP contribution in [-0.4, -0.2) is 24.8 Å². The third kappa shape index (κ3) is 5.30. The summed E-state index contributed by atoms with van der Waals surface area (Å²) in [7, 11) is 1.66. The van der Waals surface area contributed by atoms with Gasteiger partial charge in [0.2, 0.25) is 0 Å². The van der Waals surface area contributed by atoms with E-state index in [4.69, 9.17) is 9.26 Å². The van der Waals surface area contributed by atoms with Gasteiger partial charge in [-0.3, -0.25) is 0 Å². The monoisotopic (exact) mass is 330 g/mol. The largest absolute Gasteiger partial charge is 0.497 e. The van der Waals surface area contributed by atoms with Crippen LogP contribution in [0.25, 0.3) is 0 Å². The number of aromatic nitrogens is 1. The van der Waals surface area contributed by atoms with E-state index in [2.05, 4.69) is 34.6 Å². The number of hydrogen-bond acceptors (Lipinski definition) is 4. The van der Waals surface area contributed by atoms with Gasteiger partial charge in [-0.2, -0.15) is 0 Å². The van der Waals surface area contributed by atoms with Gasteiger partial charge in [-0.15, -0.1) is 0 Å². The zero-order valence-electron chi connectivity index (χ0n) is 14.8. The lowest BCUT2D eigenvalue weighted by Gasteiger charge is -2.10. The molecule has 0 bridgehead atoms. The summed E-state index contributed by atoms with van der Waals surface area (Å²) in [5, 5.41) is 10.6. The van der Waals surface area contributed by atoms with Gasteiger partial charge in [0.25, 0.3) is 0 Å². The highest BCUT2D eigenvalue weighted by Crippen LogP contribution is 2.14. The van der Waals surface area contributed by atoms with E-state index in [9.17, 15) is 0 Å². The Kier molecular flexibility index (Phi) is 6.66. The maximum atomic E-state index is 5.33. The molecular formula is C18H26N4O2. The Bertz CT molecular complexity index is 647. The Morgan fingerprint density at radius 1 is 1.25 bits per heavy atom. The Labute approximate surface area is 143 Å². The topological polar surface area (TPSA) is 71.7 Å². The van der Waals surface area contributed by atoms with Crippen molar-refractivity contribution in [1.29, 1.82) is 0 Å². The van der Waals surface area contributed by atoms with E-state index in [1.807, 2.05) is 37.3 Å². The zero-order chi connectivity index (χ0) is 17.4. The van der Waals surface area contributed by atoms with E-state index >= 15 is 0 Å². The Morgan fingerprint density at radius 3 is 2.58 bits per heavy atom. The van der Waals surface area contributed by atoms with Crippen molar-refractivity contribution in [3.05, 3.63) is 47.3 Å². The molecule has 0 fully saturated rings. The van der Waals surface area contributed by atoms with Crippen LogP contribution < -0.4 is 15.4 Å². The average Bonchev–Trinajstić information content (AvgIpc) is 3.07. The number of hydrogen-bond donors (Lipinski definition) is 2. The second-order valence-corrected chi connectivity index (χ2v) is 5.77. The second-order valence-electron chi connectivity index (χ2n) is 5.77. The molecule has 6 heteroatoms. The summed E-state index contributed by atoms with van der Waals surface area (Å²) in [5.74, 6) is 2.75. The Balaban J connectivity index is 1.93. The molecule has 1 aromatic heterocycles. The zero-order valence-corrected chi connectivity index (χ0v) is 14.8. The van der Waals surface area contributed by atoms with Crippen LogP contribution in [-0.2, 0) is 13.1 Å². The highest BCUT2D eigenvalue weighted by Gasteiger charge is 2.08. The molecule has 2 N–H and O–H groups in total. The number of aliphatic imine (C=N–C) groups is 1. The summed E-state index contributed by atoms with van der Waals surface area (Å²) in [6, 6.07) is 9.87. The predicted octanol–water partition coefficient (Wildman–Crippen LogP) is 3.06. The number of rotatable bonds is 7. The van der Waals surface area contributed by atoms with Gasteiger partial charge in [-0.1, -0.05) is 31.1 Å². The molecule has 2 rings (SSSR count). The summed E-state index contributed by atoms with van der Waals surface area (Å²) < 4.78 is 10.5. The summed E-state index contributed by atoms with van der Waals surface area (Å²) in [5.41, 5.74) is 2.08. The van der Waals surface area contributed by atoms with Crippen LogP contribution in [0.1, 0.15) is 43.7 Å². The molecule has 0 saturated heterocycles. The highest BCUT2D eigenvalue weighted by molar-refractivity contribution is 5.79. The van der Waals surface area contributed by atoms with Gasteiger partial charge in [0.1, 0.15) is 5.75 Å². The van der Waals surface area contributed by atoms with Gasteiger partial charge in [-0.05, 0) is 30.5 Å². The van der Waals surface area contributed by atoms with Crippen LogP contribution in [0, 0.1) is 0 Å². The molecule has 1 heterocycles. The number of guanidine groups is 1. The van der Waals surface area contributed by atoms with Crippen molar-refractivity contribution in [2.24, 2.45) is 4.99 Å². The lowest BCUT2D eigenvalue weighted by Crippen LogP contribution is -2.36. The van der Waals surface area contributed by atoms with E-state index in [1.165, 1.54) is 0 Å². The minimum Gasteiger partial charge on any atom is -0.497 e. The fraction of sp³-hybridized carbons (Fsp3) is 0.444. The fourth-order valence-corrected chi connectivity index (χ4v) is 2.10. The molecule has 0 aliphatic carbocycles. The molecule has 0 aliphatic rings. The van der Waals surface area contributed by atoms with E-state index < -0.39 is 0 Å². The molecule has 6 nitrogen and oxygen atoms in total. The molecule has 0 amide bonds. The molecule has 0 radical (unpaired) electrons. The number of nitrogens with zero attached hydrogens (tertiary/aromatic N) is 2. The van der Waals surface area contributed by atoms with Crippen molar-refractivity contribution in [2.45, 2.75) is 39.8 Å². The van der Waals surface area contributed by atoms with Crippen LogP contribution >= 0.6 is 0 Å². The van der Waals surface area contributed by atoms with Crippen LogP contribution in [0.15, 0.2) is 39.8 Å². The Hall–Kier alpha value is -2.50. The summed E-state index contributed by atoms with van der Waals surface area (Å²) in [6.07, 6.45) is 0. The van der Waals surface area contributed by atoms with Crippen molar-refractivity contribution >= 4 is 5.96 Å². The van der Waals surface area contributed by atoms with Crippen molar-refractivity contribution in [2.75, 3.05) is 13.7 Å². The van der Waals surface area contributed by atoms with Crippen LogP contribution in [0.5, 0.6) is 5.75 Å².